The Morgan fingerprint density at radius 2 is 1.67 bits per heavy atom. The number of aromatic carboxylic acids is 1. The minimum absolute atomic E-state index is 0.342. The van der Waals surface area contributed by atoms with Crippen LogP contribution in [0.15, 0.2) is 70.5 Å². The van der Waals surface area contributed by atoms with E-state index in [4.69, 9.17) is 0 Å². The van der Waals surface area contributed by atoms with E-state index in [1.54, 1.807) is 12.1 Å². The summed E-state index contributed by atoms with van der Waals surface area (Å²) in [6.07, 6.45) is 0. The highest BCUT2D eigenvalue weighted by atomic mass is 32.2. The van der Waals surface area contributed by atoms with Crippen LogP contribution in [-0.2, 0) is 0 Å². The summed E-state index contributed by atoms with van der Waals surface area (Å²) in [6.45, 7) is 2.05. The van der Waals surface area contributed by atoms with Gasteiger partial charge in [-0.3, -0.25) is 0 Å². The maximum Gasteiger partial charge on any atom is 0.336 e. The molecule has 0 heterocycles. The van der Waals surface area contributed by atoms with E-state index >= 15 is 0 Å². The Morgan fingerprint density at radius 3 is 2.48 bits per heavy atom. The zero-order valence-corrected chi connectivity index (χ0v) is 12.4. The standard InChI is InChI=1S/C18H14O2S/c1-12-10-11-13-6-2-3-7-14(13)17(12)21-16-9-5-4-8-15(16)18(19)20/h2-11H,1H3,(H,19,20). The van der Waals surface area contributed by atoms with Crippen LogP contribution in [0.5, 0.6) is 0 Å². The molecule has 0 aliphatic rings. The topological polar surface area (TPSA) is 37.3 Å². The van der Waals surface area contributed by atoms with Gasteiger partial charge >= 0.3 is 5.97 Å². The summed E-state index contributed by atoms with van der Waals surface area (Å²) in [5, 5.41) is 11.6. The Bertz CT molecular complexity index is 824. The zero-order chi connectivity index (χ0) is 14.8. The molecule has 0 saturated carbocycles. The number of hydrogen-bond acceptors (Lipinski definition) is 2. The van der Waals surface area contributed by atoms with Gasteiger partial charge in [0.2, 0.25) is 0 Å². The molecular weight excluding hydrogens is 280 g/mol. The number of fused-ring (bicyclic) bond motifs is 1. The van der Waals surface area contributed by atoms with E-state index in [-0.39, 0.29) is 0 Å². The van der Waals surface area contributed by atoms with Crippen molar-refractivity contribution in [3.05, 3.63) is 71.8 Å². The minimum atomic E-state index is -0.893. The molecule has 0 spiro atoms. The fourth-order valence-corrected chi connectivity index (χ4v) is 3.49. The number of aryl methyl sites for hydroxylation is 1. The van der Waals surface area contributed by atoms with E-state index in [1.807, 2.05) is 24.3 Å². The van der Waals surface area contributed by atoms with Crippen molar-refractivity contribution < 1.29 is 9.90 Å². The highest BCUT2D eigenvalue weighted by Gasteiger charge is 2.13. The first-order chi connectivity index (χ1) is 10.2. The maximum atomic E-state index is 11.3. The molecule has 21 heavy (non-hydrogen) atoms. The highest BCUT2D eigenvalue weighted by molar-refractivity contribution is 7.99. The lowest BCUT2D eigenvalue weighted by Gasteiger charge is -2.11. The van der Waals surface area contributed by atoms with E-state index in [9.17, 15) is 9.90 Å². The number of benzene rings is 3. The van der Waals surface area contributed by atoms with Gasteiger partial charge in [-0.1, -0.05) is 60.3 Å². The second-order valence-corrected chi connectivity index (χ2v) is 5.89. The van der Waals surface area contributed by atoms with Gasteiger partial charge in [0.05, 0.1) is 5.56 Å². The lowest BCUT2D eigenvalue weighted by atomic mass is 10.1. The number of carboxylic acids is 1. The molecule has 0 radical (unpaired) electrons. The first-order valence-electron chi connectivity index (χ1n) is 6.65. The van der Waals surface area contributed by atoms with Crippen LogP contribution < -0.4 is 0 Å². The van der Waals surface area contributed by atoms with Crippen LogP contribution in [0.4, 0.5) is 0 Å². The quantitative estimate of drug-likeness (QED) is 0.738. The smallest absolute Gasteiger partial charge is 0.336 e. The van der Waals surface area contributed by atoms with E-state index in [2.05, 4.69) is 31.2 Å². The molecule has 0 atom stereocenters. The summed E-state index contributed by atoms with van der Waals surface area (Å²) in [6, 6.07) is 19.5. The Hall–Kier alpha value is -2.26. The summed E-state index contributed by atoms with van der Waals surface area (Å²) in [4.78, 5) is 13.2. The third kappa shape index (κ3) is 2.65. The summed E-state index contributed by atoms with van der Waals surface area (Å²) >= 11 is 1.52. The second-order valence-electron chi connectivity index (χ2n) is 4.84. The molecule has 0 aromatic heterocycles. The Morgan fingerprint density at radius 1 is 0.952 bits per heavy atom. The molecule has 3 aromatic rings. The molecule has 3 heteroatoms. The molecule has 104 valence electrons. The Kier molecular flexibility index (Phi) is 3.67. The highest BCUT2D eigenvalue weighted by Crippen LogP contribution is 2.37. The Balaban J connectivity index is 2.15. The van der Waals surface area contributed by atoms with Crippen molar-refractivity contribution in [2.24, 2.45) is 0 Å². The first kappa shape index (κ1) is 13.7. The third-order valence-electron chi connectivity index (χ3n) is 3.41. The van der Waals surface area contributed by atoms with Crippen LogP contribution in [-0.4, -0.2) is 11.1 Å². The van der Waals surface area contributed by atoms with Gasteiger partial charge in [-0.2, -0.15) is 0 Å². The van der Waals surface area contributed by atoms with Crippen molar-refractivity contribution in [2.75, 3.05) is 0 Å². The number of carboxylic acid groups (broad SMARTS) is 1. The van der Waals surface area contributed by atoms with Crippen LogP contribution in [0.25, 0.3) is 10.8 Å². The van der Waals surface area contributed by atoms with E-state index in [0.717, 1.165) is 20.7 Å². The van der Waals surface area contributed by atoms with Crippen LogP contribution in [0, 0.1) is 6.92 Å². The van der Waals surface area contributed by atoms with Crippen molar-refractivity contribution in [3.8, 4) is 0 Å². The van der Waals surface area contributed by atoms with Crippen molar-refractivity contribution in [3.63, 3.8) is 0 Å². The molecule has 0 unspecified atom stereocenters. The third-order valence-corrected chi connectivity index (χ3v) is 4.73. The second kappa shape index (κ2) is 5.62. The van der Waals surface area contributed by atoms with Crippen LogP contribution in [0.1, 0.15) is 15.9 Å². The predicted octanol–water partition coefficient (Wildman–Crippen LogP) is 5.00. The van der Waals surface area contributed by atoms with Gasteiger partial charge in [-0.15, -0.1) is 0 Å². The lowest BCUT2D eigenvalue weighted by molar-refractivity contribution is 0.0693. The van der Waals surface area contributed by atoms with Crippen LogP contribution in [0.2, 0.25) is 0 Å². The van der Waals surface area contributed by atoms with E-state index in [0.29, 0.717) is 5.56 Å². The average Bonchev–Trinajstić information content (AvgIpc) is 2.50. The van der Waals surface area contributed by atoms with Crippen molar-refractivity contribution in [2.45, 2.75) is 16.7 Å². The van der Waals surface area contributed by atoms with E-state index in [1.165, 1.54) is 17.1 Å². The van der Waals surface area contributed by atoms with Gasteiger partial charge in [0.15, 0.2) is 0 Å². The zero-order valence-electron chi connectivity index (χ0n) is 11.5. The largest absolute Gasteiger partial charge is 0.478 e. The Labute approximate surface area is 127 Å². The maximum absolute atomic E-state index is 11.3. The monoisotopic (exact) mass is 294 g/mol. The molecule has 0 aliphatic heterocycles. The molecule has 1 N–H and O–H groups in total. The summed E-state index contributed by atoms with van der Waals surface area (Å²) in [5.74, 6) is -0.893. The summed E-state index contributed by atoms with van der Waals surface area (Å²) in [7, 11) is 0. The molecule has 0 bridgehead atoms. The van der Waals surface area contributed by atoms with Gasteiger partial charge < -0.3 is 5.11 Å². The molecule has 0 fully saturated rings. The minimum Gasteiger partial charge on any atom is -0.478 e. The molecule has 0 aliphatic carbocycles. The van der Waals surface area contributed by atoms with Gasteiger partial charge in [0, 0.05) is 9.79 Å². The van der Waals surface area contributed by atoms with Crippen molar-refractivity contribution >= 4 is 28.5 Å². The molecule has 2 nitrogen and oxygen atoms in total. The van der Waals surface area contributed by atoms with Crippen LogP contribution >= 0.6 is 11.8 Å². The summed E-state index contributed by atoms with van der Waals surface area (Å²) in [5.41, 5.74) is 1.49. The lowest BCUT2D eigenvalue weighted by Crippen LogP contribution is -1.98. The van der Waals surface area contributed by atoms with Crippen molar-refractivity contribution in [1.29, 1.82) is 0 Å². The number of carbonyl (C=O) groups is 1. The van der Waals surface area contributed by atoms with Crippen molar-refractivity contribution in [1.82, 2.24) is 0 Å². The van der Waals surface area contributed by atoms with Gasteiger partial charge in [-0.25, -0.2) is 4.79 Å². The summed E-state index contributed by atoms with van der Waals surface area (Å²) < 4.78 is 0. The molecule has 3 aromatic carbocycles. The SMILES string of the molecule is Cc1ccc2ccccc2c1Sc1ccccc1C(=O)O. The van der Waals surface area contributed by atoms with E-state index < -0.39 is 5.97 Å². The average molecular weight is 294 g/mol. The van der Waals surface area contributed by atoms with Gasteiger partial charge in [0.1, 0.15) is 0 Å². The van der Waals surface area contributed by atoms with Gasteiger partial charge in [-0.05, 0) is 35.4 Å². The molecule has 3 rings (SSSR count). The van der Waals surface area contributed by atoms with Gasteiger partial charge in [0.25, 0.3) is 0 Å². The molecule has 0 amide bonds. The molecular formula is C18H14O2S. The molecule has 0 saturated heterocycles. The fourth-order valence-electron chi connectivity index (χ4n) is 2.33. The van der Waals surface area contributed by atoms with Crippen LogP contribution in [0.3, 0.4) is 0 Å². The first-order valence-corrected chi connectivity index (χ1v) is 7.47. The fraction of sp³-hybridized carbons (Fsp3) is 0.0556. The predicted molar refractivity (Wildman–Crippen MR) is 86.2 cm³/mol. The normalized spacial score (nSPS) is 10.7. The number of rotatable bonds is 3. The number of hydrogen-bond donors (Lipinski definition) is 1.